The van der Waals surface area contributed by atoms with Crippen LogP contribution in [0, 0.1) is 0 Å². The van der Waals surface area contributed by atoms with Gasteiger partial charge in [-0.05, 0) is 36.4 Å². The van der Waals surface area contributed by atoms with E-state index in [2.05, 4.69) is 10.3 Å². The van der Waals surface area contributed by atoms with Gasteiger partial charge in [0.2, 0.25) is 5.91 Å². The molecule has 0 aliphatic carbocycles. The number of pyridine rings is 1. The number of carbonyl (C=O) groups excluding carboxylic acids is 1. The summed E-state index contributed by atoms with van der Waals surface area (Å²) >= 11 is 0. The SMILES string of the molecule is CC(=O)Nc1ccc(Oc2ccc(N)cc2)cn1. The van der Waals surface area contributed by atoms with Crippen molar-refractivity contribution in [1.29, 1.82) is 0 Å². The summed E-state index contributed by atoms with van der Waals surface area (Å²) < 4.78 is 5.56. The molecule has 0 saturated heterocycles. The summed E-state index contributed by atoms with van der Waals surface area (Å²) in [7, 11) is 0. The van der Waals surface area contributed by atoms with Gasteiger partial charge in [-0.2, -0.15) is 0 Å². The highest BCUT2D eigenvalue weighted by molar-refractivity contribution is 5.87. The maximum absolute atomic E-state index is 10.8. The number of hydrogen-bond acceptors (Lipinski definition) is 4. The van der Waals surface area contributed by atoms with Crippen molar-refractivity contribution in [3.63, 3.8) is 0 Å². The molecule has 1 heterocycles. The predicted molar refractivity (Wildman–Crippen MR) is 69.5 cm³/mol. The summed E-state index contributed by atoms with van der Waals surface area (Å²) in [4.78, 5) is 14.9. The molecule has 5 nitrogen and oxygen atoms in total. The van der Waals surface area contributed by atoms with E-state index in [0.717, 1.165) is 0 Å². The molecule has 92 valence electrons. The van der Waals surface area contributed by atoms with Gasteiger partial charge in [-0.3, -0.25) is 4.79 Å². The van der Waals surface area contributed by atoms with Crippen LogP contribution in [-0.2, 0) is 4.79 Å². The van der Waals surface area contributed by atoms with Crippen LogP contribution in [0.15, 0.2) is 42.6 Å². The summed E-state index contributed by atoms with van der Waals surface area (Å²) in [6.07, 6.45) is 1.54. The fourth-order valence-electron chi connectivity index (χ4n) is 1.37. The van der Waals surface area contributed by atoms with Crippen LogP contribution in [0.5, 0.6) is 11.5 Å². The number of benzene rings is 1. The summed E-state index contributed by atoms with van der Waals surface area (Å²) in [5.41, 5.74) is 6.26. The lowest BCUT2D eigenvalue weighted by Crippen LogP contribution is -2.06. The number of amides is 1. The Balaban J connectivity index is 2.06. The molecule has 2 aromatic rings. The van der Waals surface area contributed by atoms with Crippen molar-refractivity contribution in [3.05, 3.63) is 42.6 Å². The van der Waals surface area contributed by atoms with Gasteiger partial charge in [0.05, 0.1) is 6.20 Å². The third kappa shape index (κ3) is 3.21. The van der Waals surface area contributed by atoms with Gasteiger partial charge in [-0.15, -0.1) is 0 Å². The molecule has 0 radical (unpaired) electrons. The molecule has 18 heavy (non-hydrogen) atoms. The molecule has 0 aliphatic rings. The lowest BCUT2D eigenvalue weighted by Gasteiger charge is -2.06. The van der Waals surface area contributed by atoms with Crippen molar-refractivity contribution >= 4 is 17.4 Å². The monoisotopic (exact) mass is 243 g/mol. The van der Waals surface area contributed by atoms with Crippen molar-refractivity contribution < 1.29 is 9.53 Å². The van der Waals surface area contributed by atoms with Crippen LogP contribution < -0.4 is 15.8 Å². The van der Waals surface area contributed by atoms with Gasteiger partial charge in [0.1, 0.15) is 17.3 Å². The van der Waals surface area contributed by atoms with E-state index < -0.39 is 0 Å². The standard InChI is InChI=1S/C13H13N3O2/c1-9(17)16-13-7-6-12(8-15-13)18-11-4-2-10(14)3-5-11/h2-8H,14H2,1H3,(H,15,16,17). The van der Waals surface area contributed by atoms with E-state index in [0.29, 0.717) is 23.0 Å². The fraction of sp³-hybridized carbons (Fsp3) is 0.0769. The van der Waals surface area contributed by atoms with E-state index in [1.54, 1.807) is 42.6 Å². The lowest BCUT2D eigenvalue weighted by molar-refractivity contribution is -0.114. The minimum Gasteiger partial charge on any atom is -0.456 e. The molecular formula is C13H13N3O2. The molecule has 0 spiro atoms. The van der Waals surface area contributed by atoms with E-state index in [9.17, 15) is 4.79 Å². The summed E-state index contributed by atoms with van der Waals surface area (Å²) in [5, 5.41) is 2.58. The van der Waals surface area contributed by atoms with Crippen LogP contribution in [0.4, 0.5) is 11.5 Å². The van der Waals surface area contributed by atoms with Gasteiger partial charge in [0.25, 0.3) is 0 Å². The minimum absolute atomic E-state index is 0.158. The number of carbonyl (C=O) groups is 1. The second-order valence-corrected chi connectivity index (χ2v) is 3.73. The molecular weight excluding hydrogens is 230 g/mol. The largest absolute Gasteiger partial charge is 0.456 e. The quantitative estimate of drug-likeness (QED) is 0.811. The Morgan fingerprint density at radius 1 is 1.17 bits per heavy atom. The van der Waals surface area contributed by atoms with Crippen molar-refractivity contribution in [2.45, 2.75) is 6.92 Å². The van der Waals surface area contributed by atoms with Gasteiger partial charge in [-0.1, -0.05) is 0 Å². The lowest BCUT2D eigenvalue weighted by atomic mass is 10.3. The zero-order valence-corrected chi connectivity index (χ0v) is 9.88. The molecule has 0 atom stereocenters. The molecule has 2 rings (SSSR count). The smallest absolute Gasteiger partial charge is 0.222 e. The zero-order chi connectivity index (χ0) is 13.0. The van der Waals surface area contributed by atoms with Crippen LogP contribution in [0.2, 0.25) is 0 Å². The Labute approximate surface area is 105 Å². The molecule has 0 bridgehead atoms. The Hall–Kier alpha value is -2.56. The van der Waals surface area contributed by atoms with Gasteiger partial charge in [-0.25, -0.2) is 4.98 Å². The Bertz CT molecular complexity index is 535. The second kappa shape index (κ2) is 5.18. The average molecular weight is 243 g/mol. The number of aromatic nitrogens is 1. The van der Waals surface area contributed by atoms with Crippen molar-refractivity contribution in [1.82, 2.24) is 4.98 Å². The van der Waals surface area contributed by atoms with Crippen molar-refractivity contribution in [3.8, 4) is 11.5 Å². The maximum atomic E-state index is 10.8. The van der Waals surface area contributed by atoms with E-state index in [4.69, 9.17) is 10.5 Å². The second-order valence-electron chi connectivity index (χ2n) is 3.73. The molecule has 0 aliphatic heterocycles. The number of nitrogens with two attached hydrogens (primary N) is 1. The van der Waals surface area contributed by atoms with Gasteiger partial charge < -0.3 is 15.8 Å². The fourth-order valence-corrected chi connectivity index (χ4v) is 1.37. The summed E-state index contributed by atoms with van der Waals surface area (Å²) in [6.45, 7) is 1.43. The first-order chi connectivity index (χ1) is 8.63. The van der Waals surface area contributed by atoms with Crippen LogP contribution in [0.3, 0.4) is 0 Å². The Kier molecular flexibility index (Phi) is 3.43. The van der Waals surface area contributed by atoms with Gasteiger partial charge in [0, 0.05) is 12.6 Å². The van der Waals surface area contributed by atoms with Gasteiger partial charge in [0.15, 0.2) is 0 Å². The molecule has 0 saturated carbocycles. The van der Waals surface area contributed by atoms with Gasteiger partial charge >= 0.3 is 0 Å². The minimum atomic E-state index is -0.158. The van der Waals surface area contributed by atoms with E-state index in [1.807, 2.05) is 0 Å². The number of nitrogens with zero attached hydrogens (tertiary/aromatic N) is 1. The number of rotatable bonds is 3. The highest BCUT2D eigenvalue weighted by atomic mass is 16.5. The molecule has 3 N–H and O–H groups in total. The van der Waals surface area contributed by atoms with Crippen molar-refractivity contribution in [2.75, 3.05) is 11.1 Å². The van der Waals surface area contributed by atoms with Crippen LogP contribution >= 0.6 is 0 Å². The average Bonchev–Trinajstić information content (AvgIpc) is 2.34. The number of nitrogen functional groups attached to an aromatic ring is 1. The molecule has 0 unspecified atom stereocenters. The summed E-state index contributed by atoms with van der Waals surface area (Å²) in [6, 6.07) is 10.5. The number of anilines is 2. The highest BCUT2D eigenvalue weighted by Crippen LogP contribution is 2.22. The van der Waals surface area contributed by atoms with E-state index in [1.165, 1.54) is 6.92 Å². The number of ether oxygens (including phenoxy) is 1. The first-order valence-electron chi connectivity index (χ1n) is 5.40. The summed E-state index contributed by atoms with van der Waals surface area (Å²) in [5.74, 6) is 1.61. The predicted octanol–water partition coefficient (Wildman–Crippen LogP) is 2.41. The topological polar surface area (TPSA) is 77.2 Å². The van der Waals surface area contributed by atoms with Crippen molar-refractivity contribution in [2.24, 2.45) is 0 Å². The van der Waals surface area contributed by atoms with E-state index in [-0.39, 0.29) is 5.91 Å². The normalized spacial score (nSPS) is 9.83. The zero-order valence-electron chi connectivity index (χ0n) is 9.88. The first kappa shape index (κ1) is 11.9. The number of nitrogens with one attached hydrogen (secondary N) is 1. The first-order valence-corrected chi connectivity index (χ1v) is 5.40. The van der Waals surface area contributed by atoms with Crippen LogP contribution in [0.1, 0.15) is 6.92 Å². The Morgan fingerprint density at radius 2 is 1.83 bits per heavy atom. The van der Waals surface area contributed by atoms with Crippen LogP contribution in [0.25, 0.3) is 0 Å². The number of hydrogen-bond donors (Lipinski definition) is 2. The Morgan fingerprint density at radius 3 is 2.39 bits per heavy atom. The molecule has 1 aromatic carbocycles. The van der Waals surface area contributed by atoms with E-state index >= 15 is 0 Å². The maximum Gasteiger partial charge on any atom is 0.222 e. The molecule has 5 heteroatoms. The molecule has 1 amide bonds. The third-order valence-electron chi connectivity index (χ3n) is 2.16. The van der Waals surface area contributed by atoms with Crippen LogP contribution in [-0.4, -0.2) is 10.9 Å². The highest BCUT2D eigenvalue weighted by Gasteiger charge is 2.00. The molecule has 1 aromatic heterocycles. The molecule has 0 fully saturated rings. The third-order valence-corrected chi connectivity index (χ3v) is 2.16.